The van der Waals surface area contributed by atoms with Crippen molar-refractivity contribution in [2.45, 2.75) is 32.2 Å². The van der Waals surface area contributed by atoms with Crippen molar-refractivity contribution in [3.8, 4) is 0 Å². The van der Waals surface area contributed by atoms with Crippen LogP contribution in [0.1, 0.15) is 37.1 Å². The van der Waals surface area contributed by atoms with Gasteiger partial charge in [0, 0.05) is 15.6 Å². The fourth-order valence-corrected chi connectivity index (χ4v) is 3.57. The smallest absolute Gasteiger partial charge is 0.123 e. The van der Waals surface area contributed by atoms with E-state index in [1.807, 2.05) is 6.07 Å². The lowest BCUT2D eigenvalue weighted by Gasteiger charge is -2.15. The highest BCUT2D eigenvalue weighted by Gasteiger charge is 2.26. The third-order valence-corrected chi connectivity index (χ3v) is 4.79. The van der Waals surface area contributed by atoms with E-state index in [1.54, 1.807) is 23.5 Å². The van der Waals surface area contributed by atoms with Crippen molar-refractivity contribution in [1.82, 2.24) is 5.32 Å². The summed E-state index contributed by atoms with van der Waals surface area (Å²) in [4.78, 5) is 1.35. The molecule has 0 aliphatic heterocycles. The van der Waals surface area contributed by atoms with Gasteiger partial charge in [0.1, 0.15) is 5.82 Å². The number of hydrogen-bond donors (Lipinski definition) is 1. The Labute approximate surface area is 111 Å². The molecule has 1 aliphatic carbocycles. The molecule has 0 amide bonds. The first kappa shape index (κ1) is 12.1. The summed E-state index contributed by atoms with van der Waals surface area (Å²) in [6.45, 7) is 3.13. The van der Waals surface area contributed by atoms with Crippen LogP contribution >= 0.6 is 11.3 Å². The second-order valence-electron chi connectivity index (χ2n) is 5.12. The molecule has 1 aliphatic rings. The molecule has 0 spiro atoms. The van der Waals surface area contributed by atoms with E-state index in [1.165, 1.54) is 28.8 Å². The van der Waals surface area contributed by atoms with Gasteiger partial charge in [0.25, 0.3) is 0 Å². The van der Waals surface area contributed by atoms with E-state index < -0.39 is 0 Å². The first-order valence-corrected chi connectivity index (χ1v) is 7.50. The van der Waals surface area contributed by atoms with Crippen molar-refractivity contribution >= 4 is 21.4 Å². The minimum Gasteiger partial charge on any atom is -0.310 e. The third kappa shape index (κ3) is 2.57. The first-order chi connectivity index (χ1) is 8.76. The monoisotopic (exact) mass is 263 g/mol. The summed E-state index contributed by atoms with van der Waals surface area (Å²) in [5.74, 6) is 0.755. The van der Waals surface area contributed by atoms with Crippen LogP contribution in [-0.4, -0.2) is 6.54 Å². The number of rotatable bonds is 5. The van der Waals surface area contributed by atoms with Gasteiger partial charge < -0.3 is 5.32 Å². The molecule has 3 rings (SSSR count). The van der Waals surface area contributed by atoms with Crippen molar-refractivity contribution in [3.05, 3.63) is 35.0 Å². The molecule has 1 aromatic carbocycles. The van der Waals surface area contributed by atoms with E-state index in [9.17, 15) is 4.39 Å². The van der Waals surface area contributed by atoms with Crippen LogP contribution in [0.15, 0.2) is 24.3 Å². The summed E-state index contributed by atoms with van der Waals surface area (Å²) >= 11 is 1.79. The molecular weight excluding hydrogens is 245 g/mol. The van der Waals surface area contributed by atoms with Crippen molar-refractivity contribution < 1.29 is 4.39 Å². The molecule has 1 nitrogen and oxygen atoms in total. The van der Waals surface area contributed by atoms with Gasteiger partial charge in [-0.05, 0) is 48.5 Å². The van der Waals surface area contributed by atoms with E-state index in [2.05, 4.69) is 18.3 Å². The van der Waals surface area contributed by atoms with Gasteiger partial charge in [0.15, 0.2) is 0 Å². The first-order valence-electron chi connectivity index (χ1n) is 6.68. The van der Waals surface area contributed by atoms with Crippen LogP contribution in [-0.2, 0) is 0 Å². The Morgan fingerprint density at radius 1 is 1.39 bits per heavy atom. The van der Waals surface area contributed by atoms with E-state index in [0.29, 0.717) is 6.04 Å². The summed E-state index contributed by atoms with van der Waals surface area (Å²) in [7, 11) is 0. The topological polar surface area (TPSA) is 12.0 Å². The fraction of sp³-hybridized carbons (Fsp3) is 0.467. The van der Waals surface area contributed by atoms with Gasteiger partial charge in [-0.3, -0.25) is 0 Å². The highest BCUT2D eigenvalue weighted by molar-refractivity contribution is 7.19. The highest BCUT2D eigenvalue weighted by Crippen LogP contribution is 2.40. The number of hydrogen-bond acceptors (Lipinski definition) is 2. The molecule has 1 N–H and O–H groups in total. The van der Waals surface area contributed by atoms with Gasteiger partial charge >= 0.3 is 0 Å². The Hall–Kier alpha value is -0.930. The Morgan fingerprint density at radius 2 is 2.22 bits per heavy atom. The summed E-state index contributed by atoms with van der Waals surface area (Å²) in [6, 6.07) is 7.67. The van der Waals surface area contributed by atoms with Gasteiger partial charge in [-0.15, -0.1) is 11.3 Å². The maximum Gasteiger partial charge on any atom is 0.123 e. The van der Waals surface area contributed by atoms with E-state index in [0.717, 1.165) is 17.8 Å². The largest absolute Gasteiger partial charge is 0.310 e. The molecule has 1 unspecified atom stereocenters. The Kier molecular flexibility index (Phi) is 3.35. The van der Waals surface area contributed by atoms with Gasteiger partial charge in [-0.2, -0.15) is 0 Å². The predicted molar refractivity (Wildman–Crippen MR) is 75.5 cm³/mol. The zero-order valence-corrected chi connectivity index (χ0v) is 11.4. The van der Waals surface area contributed by atoms with Crippen molar-refractivity contribution in [1.29, 1.82) is 0 Å². The average molecular weight is 263 g/mol. The number of nitrogens with one attached hydrogen (secondary N) is 1. The normalized spacial score (nSPS) is 17.2. The molecular formula is C15H18FNS. The minimum absolute atomic E-state index is 0.144. The maximum atomic E-state index is 13.2. The molecule has 96 valence electrons. The zero-order valence-electron chi connectivity index (χ0n) is 10.6. The van der Waals surface area contributed by atoms with Gasteiger partial charge in [-0.25, -0.2) is 4.39 Å². The highest BCUT2D eigenvalue weighted by atomic mass is 32.1. The molecule has 2 aromatic rings. The second kappa shape index (κ2) is 4.98. The van der Waals surface area contributed by atoms with E-state index >= 15 is 0 Å². The molecule has 1 heterocycles. The van der Waals surface area contributed by atoms with Crippen LogP contribution in [0.5, 0.6) is 0 Å². The molecule has 1 fully saturated rings. The minimum atomic E-state index is -0.144. The van der Waals surface area contributed by atoms with Crippen LogP contribution < -0.4 is 5.32 Å². The molecule has 18 heavy (non-hydrogen) atoms. The molecule has 0 radical (unpaired) electrons. The van der Waals surface area contributed by atoms with Gasteiger partial charge in [-0.1, -0.05) is 19.8 Å². The molecule has 3 heteroatoms. The SMILES string of the molecule is CCNC(CC1CC1)c1cc2cc(F)ccc2s1. The summed E-state index contributed by atoms with van der Waals surface area (Å²) in [5.41, 5.74) is 0. The lowest BCUT2D eigenvalue weighted by Crippen LogP contribution is -2.20. The lowest BCUT2D eigenvalue weighted by atomic mass is 10.1. The Bertz CT molecular complexity index is 544. The number of thiophene rings is 1. The fourth-order valence-electron chi connectivity index (χ4n) is 2.44. The van der Waals surface area contributed by atoms with E-state index in [4.69, 9.17) is 0 Å². The summed E-state index contributed by atoms with van der Waals surface area (Å²) < 4.78 is 14.4. The molecule has 1 atom stereocenters. The number of halogens is 1. The summed E-state index contributed by atoms with van der Waals surface area (Å²) in [5, 5.41) is 4.60. The van der Waals surface area contributed by atoms with E-state index in [-0.39, 0.29) is 5.82 Å². The van der Waals surface area contributed by atoms with Crippen LogP contribution in [0.4, 0.5) is 4.39 Å². The Balaban J connectivity index is 1.89. The van der Waals surface area contributed by atoms with Gasteiger partial charge in [0.05, 0.1) is 0 Å². The maximum absolute atomic E-state index is 13.2. The third-order valence-electron chi connectivity index (χ3n) is 3.56. The zero-order chi connectivity index (χ0) is 12.5. The van der Waals surface area contributed by atoms with Crippen LogP contribution in [0, 0.1) is 11.7 Å². The van der Waals surface area contributed by atoms with Crippen LogP contribution in [0.25, 0.3) is 10.1 Å². The quantitative estimate of drug-likeness (QED) is 0.838. The van der Waals surface area contributed by atoms with Crippen molar-refractivity contribution in [3.63, 3.8) is 0 Å². The number of benzene rings is 1. The molecule has 0 bridgehead atoms. The molecule has 1 aromatic heterocycles. The van der Waals surface area contributed by atoms with Crippen LogP contribution in [0.2, 0.25) is 0 Å². The van der Waals surface area contributed by atoms with Crippen molar-refractivity contribution in [2.75, 3.05) is 6.54 Å². The standard InChI is InChI=1S/C15H18FNS/c1-2-17-13(7-10-3-4-10)15-9-11-8-12(16)5-6-14(11)18-15/h5-6,8-10,13,17H,2-4,7H2,1H3. The number of fused-ring (bicyclic) bond motifs is 1. The second-order valence-corrected chi connectivity index (χ2v) is 6.24. The Morgan fingerprint density at radius 3 is 2.94 bits per heavy atom. The predicted octanol–water partition coefficient (Wildman–Crippen LogP) is 4.49. The summed E-state index contributed by atoms with van der Waals surface area (Å²) in [6.07, 6.45) is 3.98. The molecule has 1 saturated carbocycles. The van der Waals surface area contributed by atoms with Crippen molar-refractivity contribution in [2.24, 2.45) is 5.92 Å². The van der Waals surface area contributed by atoms with Crippen LogP contribution in [0.3, 0.4) is 0 Å². The molecule has 0 saturated heterocycles. The lowest BCUT2D eigenvalue weighted by molar-refractivity contribution is 0.494. The van der Waals surface area contributed by atoms with Gasteiger partial charge in [0.2, 0.25) is 0 Å². The average Bonchev–Trinajstić information content (AvgIpc) is 3.06.